The van der Waals surface area contributed by atoms with Crippen LogP contribution in [-0.2, 0) is 6.42 Å². The summed E-state index contributed by atoms with van der Waals surface area (Å²) in [6, 6.07) is 10.3. The second-order valence-corrected chi connectivity index (χ2v) is 9.66. The first kappa shape index (κ1) is 23.1. The van der Waals surface area contributed by atoms with Gasteiger partial charge in [0.15, 0.2) is 5.43 Å². The highest BCUT2D eigenvalue weighted by atomic mass is 35.5. The highest BCUT2D eigenvalue weighted by molar-refractivity contribution is 6.35. The van der Waals surface area contributed by atoms with Gasteiger partial charge in [-0.15, -0.1) is 0 Å². The first-order chi connectivity index (χ1) is 15.3. The number of fused-ring (bicyclic) bond motifs is 2. The summed E-state index contributed by atoms with van der Waals surface area (Å²) in [5.74, 6) is -0.0394. The van der Waals surface area contributed by atoms with Crippen LogP contribution >= 0.6 is 34.8 Å². The Hall–Kier alpha value is -2.05. The lowest BCUT2D eigenvalue weighted by molar-refractivity contribution is 0.186. The maximum atomic E-state index is 13.5. The maximum absolute atomic E-state index is 13.5. The number of nitrogens with zero attached hydrogens (tertiary/aromatic N) is 3. The largest absolute Gasteiger partial charge is 0.428 e. The van der Waals surface area contributed by atoms with Gasteiger partial charge in [0.05, 0.1) is 22.2 Å². The monoisotopic (exact) mass is 491 g/mol. The van der Waals surface area contributed by atoms with Crippen LogP contribution in [-0.4, -0.2) is 47.7 Å². The van der Waals surface area contributed by atoms with E-state index in [1.165, 1.54) is 0 Å². The van der Waals surface area contributed by atoms with E-state index in [0.717, 1.165) is 23.3 Å². The zero-order valence-corrected chi connectivity index (χ0v) is 20.2. The molecule has 5 nitrogen and oxygen atoms in total. The average molecular weight is 493 g/mol. The van der Waals surface area contributed by atoms with E-state index >= 15 is 0 Å². The Morgan fingerprint density at radius 3 is 2.53 bits per heavy atom. The van der Waals surface area contributed by atoms with Crippen molar-refractivity contribution in [2.45, 2.75) is 25.2 Å². The van der Waals surface area contributed by atoms with Crippen LogP contribution in [0.3, 0.4) is 0 Å². The predicted octanol–water partition coefficient (Wildman–Crippen LogP) is 5.67. The summed E-state index contributed by atoms with van der Waals surface area (Å²) in [7, 11) is 4.03. The second-order valence-electron chi connectivity index (χ2n) is 8.38. The molecule has 1 heterocycles. The Morgan fingerprint density at radius 1 is 1.09 bits per heavy atom. The first-order valence-electron chi connectivity index (χ1n) is 10.5. The van der Waals surface area contributed by atoms with Crippen molar-refractivity contribution >= 4 is 51.4 Å². The number of benzene rings is 2. The van der Waals surface area contributed by atoms with E-state index in [-0.39, 0.29) is 11.3 Å². The molecule has 0 aliphatic heterocycles. The van der Waals surface area contributed by atoms with Gasteiger partial charge in [-0.3, -0.25) is 9.79 Å². The number of hydrogen-bond acceptors (Lipinski definition) is 4. The summed E-state index contributed by atoms with van der Waals surface area (Å²) in [4.78, 5) is 20.4. The third-order valence-electron chi connectivity index (χ3n) is 5.84. The molecular weight excluding hydrogens is 469 g/mol. The van der Waals surface area contributed by atoms with Gasteiger partial charge in [0.1, 0.15) is 0 Å². The third-order valence-corrected chi connectivity index (χ3v) is 6.64. The molecule has 0 saturated carbocycles. The minimum absolute atomic E-state index is 0.0394. The molecule has 32 heavy (non-hydrogen) atoms. The highest BCUT2D eigenvalue weighted by Crippen LogP contribution is 2.37. The lowest BCUT2D eigenvalue weighted by Crippen LogP contribution is -2.31. The number of hydrogen-bond donors (Lipinski definition) is 1. The van der Waals surface area contributed by atoms with Crippen LogP contribution in [0.5, 0.6) is 0 Å². The van der Waals surface area contributed by atoms with Gasteiger partial charge in [-0.1, -0.05) is 40.9 Å². The first-order valence-corrected chi connectivity index (χ1v) is 11.6. The molecule has 8 heteroatoms. The molecule has 1 unspecified atom stereocenters. The summed E-state index contributed by atoms with van der Waals surface area (Å²) < 4.78 is 1.10. The Bertz CT molecular complexity index is 1270. The second kappa shape index (κ2) is 9.44. The van der Waals surface area contributed by atoms with E-state index in [1.807, 2.05) is 20.2 Å². The van der Waals surface area contributed by atoms with Crippen molar-refractivity contribution in [1.29, 1.82) is 0 Å². The van der Waals surface area contributed by atoms with Crippen molar-refractivity contribution in [3.8, 4) is 0 Å². The fraction of sp³-hybridized carbons (Fsp3) is 0.333. The van der Waals surface area contributed by atoms with E-state index in [1.54, 1.807) is 30.3 Å². The molecule has 0 amide bonds. The smallest absolute Gasteiger partial charge is 0.199 e. The van der Waals surface area contributed by atoms with Gasteiger partial charge in [-0.2, -0.15) is 4.73 Å². The number of aromatic nitrogens is 1. The lowest BCUT2D eigenvalue weighted by atomic mass is 9.80. The van der Waals surface area contributed by atoms with E-state index in [9.17, 15) is 10.0 Å². The third kappa shape index (κ3) is 4.53. The normalized spacial score (nSPS) is 17.3. The quantitative estimate of drug-likeness (QED) is 0.369. The van der Waals surface area contributed by atoms with Gasteiger partial charge in [0, 0.05) is 27.3 Å². The van der Waals surface area contributed by atoms with Crippen molar-refractivity contribution in [3.05, 3.63) is 78.5 Å². The minimum Gasteiger partial charge on any atom is -0.428 e. The van der Waals surface area contributed by atoms with Gasteiger partial charge < -0.3 is 10.1 Å². The molecular formula is C24H24Cl3N3O2. The fourth-order valence-electron chi connectivity index (χ4n) is 4.32. The van der Waals surface area contributed by atoms with Crippen LogP contribution in [0, 0.1) is 0 Å². The lowest BCUT2D eigenvalue weighted by Gasteiger charge is -2.28. The van der Waals surface area contributed by atoms with Gasteiger partial charge in [0.25, 0.3) is 0 Å². The fourth-order valence-corrected chi connectivity index (χ4v) is 5.05. The minimum atomic E-state index is -0.158. The van der Waals surface area contributed by atoms with E-state index in [4.69, 9.17) is 39.8 Å². The van der Waals surface area contributed by atoms with Crippen molar-refractivity contribution in [2.24, 2.45) is 4.99 Å². The molecule has 3 aromatic rings. The molecule has 0 fully saturated rings. The van der Waals surface area contributed by atoms with Gasteiger partial charge in [0.2, 0.25) is 0 Å². The van der Waals surface area contributed by atoms with Gasteiger partial charge >= 0.3 is 0 Å². The molecule has 1 atom stereocenters. The molecule has 0 spiro atoms. The number of aliphatic imine (C=N–C) groups is 1. The van der Waals surface area contributed by atoms with Crippen LogP contribution in [0.2, 0.25) is 15.1 Å². The van der Waals surface area contributed by atoms with Crippen molar-refractivity contribution in [2.75, 3.05) is 27.2 Å². The highest BCUT2D eigenvalue weighted by Gasteiger charge is 2.31. The Balaban J connectivity index is 1.86. The number of rotatable bonds is 5. The molecule has 2 aromatic carbocycles. The van der Waals surface area contributed by atoms with Gasteiger partial charge in [-0.05, 0) is 81.7 Å². The summed E-state index contributed by atoms with van der Waals surface area (Å²) in [5, 5.41) is 13.0. The van der Waals surface area contributed by atoms with E-state index in [2.05, 4.69) is 4.90 Å². The molecule has 1 N–H and O–H groups in total. The van der Waals surface area contributed by atoms with Crippen LogP contribution < -0.4 is 5.43 Å². The Morgan fingerprint density at radius 2 is 1.81 bits per heavy atom. The molecule has 0 bridgehead atoms. The molecule has 0 radical (unpaired) electrons. The maximum Gasteiger partial charge on any atom is 0.199 e. The average Bonchev–Trinajstić information content (AvgIpc) is 2.74. The summed E-state index contributed by atoms with van der Waals surface area (Å²) in [6.07, 6.45) is 1.88. The SMILES string of the molecule is CN(C)CCCN=C1CC(c2ccc(Cl)cc2Cl)Cc2c1c(=O)c1cc(Cl)ccc1n2O. The van der Waals surface area contributed by atoms with E-state index < -0.39 is 0 Å². The van der Waals surface area contributed by atoms with Crippen LogP contribution in [0.25, 0.3) is 10.9 Å². The Kier molecular flexibility index (Phi) is 6.82. The predicted molar refractivity (Wildman–Crippen MR) is 133 cm³/mol. The van der Waals surface area contributed by atoms with Crippen molar-refractivity contribution in [1.82, 2.24) is 9.63 Å². The summed E-state index contributed by atoms with van der Waals surface area (Å²) >= 11 is 18.7. The Labute approximate surface area is 201 Å². The van der Waals surface area contributed by atoms with Gasteiger partial charge in [-0.25, -0.2) is 0 Å². The van der Waals surface area contributed by atoms with Crippen LogP contribution in [0.1, 0.15) is 35.6 Å². The topological polar surface area (TPSA) is 57.8 Å². The standard InChI is InChI=1S/C24H24Cl3N3O2/c1-29(2)9-3-8-28-20-10-14(17-6-4-16(26)13-19(17)27)11-22-23(20)24(31)18-12-15(25)5-7-21(18)30(22)32/h4-7,12-14,32H,3,8-11H2,1-2H3. The molecule has 1 aliphatic rings. The van der Waals surface area contributed by atoms with Crippen molar-refractivity contribution < 1.29 is 5.21 Å². The van der Waals surface area contributed by atoms with Crippen LogP contribution in [0.4, 0.5) is 0 Å². The molecule has 1 aromatic heterocycles. The zero-order chi connectivity index (χ0) is 23.0. The van der Waals surface area contributed by atoms with E-state index in [0.29, 0.717) is 62.3 Å². The van der Waals surface area contributed by atoms with Crippen molar-refractivity contribution in [3.63, 3.8) is 0 Å². The van der Waals surface area contributed by atoms with Crippen LogP contribution in [0.15, 0.2) is 46.2 Å². The number of halogens is 3. The zero-order valence-electron chi connectivity index (χ0n) is 17.9. The summed E-state index contributed by atoms with van der Waals surface area (Å²) in [6.45, 7) is 1.49. The number of pyridine rings is 1. The molecule has 168 valence electrons. The molecule has 1 aliphatic carbocycles. The molecule has 4 rings (SSSR count). The summed E-state index contributed by atoms with van der Waals surface area (Å²) in [5.41, 5.74) is 2.89. The molecule has 0 saturated heterocycles.